The molecule has 1 aromatic heterocycles. The van der Waals surface area contributed by atoms with E-state index in [9.17, 15) is 9.59 Å². The first-order valence-electron chi connectivity index (χ1n) is 9.20. The van der Waals surface area contributed by atoms with E-state index in [1.807, 2.05) is 68.4 Å². The first-order chi connectivity index (χ1) is 13.5. The van der Waals surface area contributed by atoms with E-state index in [1.165, 1.54) is 0 Å². The third kappa shape index (κ3) is 4.28. The average Bonchev–Trinajstić information content (AvgIpc) is 3.15. The smallest absolute Gasteiger partial charge is 0.342 e. The highest BCUT2D eigenvalue weighted by atomic mass is 16.5. The van der Waals surface area contributed by atoms with Crippen molar-refractivity contribution in [3.8, 4) is 16.9 Å². The van der Waals surface area contributed by atoms with Crippen molar-refractivity contribution >= 4 is 11.9 Å². The van der Waals surface area contributed by atoms with Crippen LogP contribution >= 0.6 is 0 Å². The highest BCUT2D eigenvalue weighted by molar-refractivity contribution is 5.97. The molecule has 1 atom stereocenters. The fourth-order valence-corrected chi connectivity index (χ4v) is 2.76. The van der Waals surface area contributed by atoms with Gasteiger partial charge >= 0.3 is 5.97 Å². The number of benzene rings is 2. The largest absolute Gasteiger partial charge is 0.449 e. The van der Waals surface area contributed by atoms with E-state index in [2.05, 4.69) is 10.4 Å². The molecule has 6 nitrogen and oxygen atoms in total. The van der Waals surface area contributed by atoms with Crippen molar-refractivity contribution < 1.29 is 14.3 Å². The van der Waals surface area contributed by atoms with E-state index in [0.717, 1.165) is 16.8 Å². The molecule has 0 saturated carbocycles. The highest BCUT2D eigenvalue weighted by Gasteiger charge is 2.24. The Bertz CT molecular complexity index is 962. The number of rotatable bonds is 6. The number of hydrogen-bond acceptors (Lipinski definition) is 4. The number of nitrogens with zero attached hydrogens (tertiary/aromatic N) is 2. The number of likely N-dealkylation sites (N-methyl/N-ethyl adjacent to an activating group) is 1. The summed E-state index contributed by atoms with van der Waals surface area (Å²) in [5.41, 5.74) is 3.58. The average molecular weight is 377 g/mol. The molecule has 1 amide bonds. The lowest BCUT2D eigenvalue weighted by molar-refractivity contribution is -0.128. The Morgan fingerprint density at radius 3 is 2.43 bits per heavy atom. The van der Waals surface area contributed by atoms with Crippen LogP contribution in [-0.4, -0.2) is 34.3 Å². The lowest BCUT2D eigenvalue weighted by Crippen LogP contribution is -2.35. The van der Waals surface area contributed by atoms with Crippen molar-refractivity contribution in [3.63, 3.8) is 0 Å². The summed E-state index contributed by atoms with van der Waals surface area (Å²) in [5.74, 6) is -0.918. The summed E-state index contributed by atoms with van der Waals surface area (Å²) in [5, 5.41) is 7.25. The van der Waals surface area contributed by atoms with E-state index in [1.54, 1.807) is 17.8 Å². The molecule has 0 radical (unpaired) electrons. The lowest BCUT2D eigenvalue weighted by atomic mass is 10.1. The number of hydrogen-bond donors (Lipinski definition) is 1. The van der Waals surface area contributed by atoms with Crippen LogP contribution in [0.3, 0.4) is 0 Å². The molecule has 0 saturated heterocycles. The molecular formula is C22H23N3O3. The summed E-state index contributed by atoms with van der Waals surface area (Å²) in [6, 6.07) is 17.3. The first-order valence-corrected chi connectivity index (χ1v) is 9.20. The molecule has 3 aromatic rings. The number of ether oxygens (including phenoxy) is 1. The van der Waals surface area contributed by atoms with Gasteiger partial charge in [0.1, 0.15) is 11.3 Å². The molecule has 0 fully saturated rings. The van der Waals surface area contributed by atoms with Crippen LogP contribution in [0.2, 0.25) is 0 Å². The number of aryl methyl sites for hydroxylation is 1. The van der Waals surface area contributed by atoms with Gasteiger partial charge in [0.25, 0.3) is 5.91 Å². The highest BCUT2D eigenvalue weighted by Crippen LogP contribution is 2.25. The zero-order chi connectivity index (χ0) is 20.1. The minimum atomic E-state index is -0.890. The normalized spacial score (nSPS) is 11.7. The summed E-state index contributed by atoms with van der Waals surface area (Å²) >= 11 is 0. The Balaban J connectivity index is 1.97. The van der Waals surface area contributed by atoms with Crippen LogP contribution < -0.4 is 5.32 Å². The van der Waals surface area contributed by atoms with Crippen LogP contribution in [0.5, 0.6) is 0 Å². The molecule has 2 aromatic carbocycles. The molecule has 28 heavy (non-hydrogen) atoms. The van der Waals surface area contributed by atoms with E-state index in [4.69, 9.17) is 4.74 Å². The van der Waals surface area contributed by atoms with Gasteiger partial charge in [0.2, 0.25) is 0 Å². The molecule has 0 spiro atoms. The van der Waals surface area contributed by atoms with Gasteiger partial charge < -0.3 is 10.1 Å². The molecule has 0 aliphatic heterocycles. The van der Waals surface area contributed by atoms with Crippen molar-refractivity contribution in [1.82, 2.24) is 15.1 Å². The summed E-state index contributed by atoms with van der Waals surface area (Å²) in [6.45, 7) is 5.84. The Morgan fingerprint density at radius 1 is 1.11 bits per heavy atom. The molecule has 0 bridgehead atoms. The van der Waals surface area contributed by atoms with Gasteiger partial charge in [-0.15, -0.1) is 0 Å². The van der Waals surface area contributed by atoms with Crippen molar-refractivity contribution in [2.45, 2.75) is 26.9 Å². The monoisotopic (exact) mass is 377 g/mol. The molecule has 1 unspecified atom stereocenters. The lowest BCUT2D eigenvalue weighted by Gasteiger charge is -2.12. The fourth-order valence-electron chi connectivity index (χ4n) is 2.76. The minimum Gasteiger partial charge on any atom is -0.449 e. The Morgan fingerprint density at radius 2 is 1.79 bits per heavy atom. The Labute approximate surface area is 164 Å². The first kappa shape index (κ1) is 19.4. The van der Waals surface area contributed by atoms with Crippen molar-refractivity contribution in [2.75, 3.05) is 6.54 Å². The summed E-state index contributed by atoms with van der Waals surface area (Å²) in [4.78, 5) is 24.7. The Hall–Kier alpha value is -3.41. The quantitative estimate of drug-likeness (QED) is 0.667. The molecule has 3 rings (SSSR count). The number of aromatic nitrogens is 2. The van der Waals surface area contributed by atoms with E-state index in [0.29, 0.717) is 17.8 Å². The molecule has 1 N–H and O–H groups in total. The number of carbonyl (C=O) groups excluding carboxylic acids is 2. The SMILES string of the molecule is CCNC(=O)C(C)OC(=O)c1cn(-c2ccc(C)cc2)nc1-c1ccccc1. The predicted octanol–water partition coefficient (Wildman–Crippen LogP) is 3.53. The summed E-state index contributed by atoms with van der Waals surface area (Å²) < 4.78 is 7.02. The van der Waals surface area contributed by atoms with Crippen LogP contribution in [-0.2, 0) is 9.53 Å². The molecule has 6 heteroatoms. The summed E-state index contributed by atoms with van der Waals surface area (Å²) in [6.07, 6.45) is 0.749. The minimum absolute atomic E-state index is 0.308. The van der Waals surface area contributed by atoms with Gasteiger partial charge in [-0.2, -0.15) is 5.10 Å². The van der Waals surface area contributed by atoms with Crippen molar-refractivity contribution in [2.24, 2.45) is 0 Å². The molecular weight excluding hydrogens is 354 g/mol. The van der Waals surface area contributed by atoms with E-state index in [-0.39, 0.29) is 5.91 Å². The van der Waals surface area contributed by atoms with Gasteiger partial charge in [-0.25, -0.2) is 9.48 Å². The molecule has 0 aliphatic rings. The zero-order valence-electron chi connectivity index (χ0n) is 16.2. The third-order valence-electron chi connectivity index (χ3n) is 4.28. The maximum absolute atomic E-state index is 12.8. The van der Waals surface area contributed by atoms with Crippen LogP contribution in [0.1, 0.15) is 29.8 Å². The van der Waals surface area contributed by atoms with Gasteiger partial charge in [0.15, 0.2) is 6.10 Å². The number of carbonyl (C=O) groups is 2. The maximum Gasteiger partial charge on any atom is 0.342 e. The van der Waals surface area contributed by atoms with Gasteiger partial charge in [-0.1, -0.05) is 48.0 Å². The van der Waals surface area contributed by atoms with Gasteiger partial charge in [-0.05, 0) is 32.9 Å². The third-order valence-corrected chi connectivity index (χ3v) is 4.28. The van der Waals surface area contributed by atoms with Crippen LogP contribution in [0.4, 0.5) is 0 Å². The number of esters is 1. The van der Waals surface area contributed by atoms with E-state index < -0.39 is 12.1 Å². The zero-order valence-corrected chi connectivity index (χ0v) is 16.2. The predicted molar refractivity (Wildman–Crippen MR) is 107 cm³/mol. The van der Waals surface area contributed by atoms with Crippen LogP contribution in [0.25, 0.3) is 16.9 Å². The van der Waals surface area contributed by atoms with Crippen molar-refractivity contribution in [1.29, 1.82) is 0 Å². The second-order valence-electron chi connectivity index (χ2n) is 6.48. The van der Waals surface area contributed by atoms with Crippen LogP contribution in [0.15, 0.2) is 60.8 Å². The summed E-state index contributed by atoms with van der Waals surface area (Å²) in [7, 11) is 0. The second-order valence-corrected chi connectivity index (χ2v) is 6.48. The fraction of sp³-hybridized carbons (Fsp3) is 0.227. The van der Waals surface area contributed by atoms with E-state index >= 15 is 0 Å². The Kier molecular flexibility index (Phi) is 5.89. The van der Waals surface area contributed by atoms with Gasteiger partial charge in [-0.3, -0.25) is 4.79 Å². The maximum atomic E-state index is 12.8. The molecule has 1 heterocycles. The topological polar surface area (TPSA) is 73.2 Å². The van der Waals surface area contributed by atoms with Gasteiger partial charge in [0, 0.05) is 18.3 Å². The van der Waals surface area contributed by atoms with Crippen molar-refractivity contribution in [3.05, 3.63) is 71.9 Å². The molecule has 0 aliphatic carbocycles. The van der Waals surface area contributed by atoms with Crippen LogP contribution in [0, 0.1) is 6.92 Å². The second kappa shape index (κ2) is 8.52. The number of amides is 1. The molecule has 144 valence electrons. The van der Waals surface area contributed by atoms with Gasteiger partial charge in [0.05, 0.1) is 5.69 Å². The number of nitrogens with one attached hydrogen (secondary N) is 1. The standard InChI is InChI=1S/C22H23N3O3/c1-4-23-21(26)16(3)28-22(27)19-14-25(18-12-10-15(2)11-13-18)24-20(19)17-8-6-5-7-9-17/h5-14,16H,4H2,1-3H3,(H,23,26).